The van der Waals surface area contributed by atoms with E-state index in [1.165, 1.54) is 0 Å². The Morgan fingerprint density at radius 1 is 1.41 bits per heavy atom. The van der Waals surface area contributed by atoms with Gasteiger partial charge >= 0.3 is 0 Å². The zero-order valence-corrected chi connectivity index (χ0v) is 10.5. The van der Waals surface area contributed by atoms with Crippen molar-refractivity contribution < 1.29 is 0 Å². The van der Waals surface area contributed by atoms with Crippen LogP contribution in [0.2, 0.25) is 0 Å². The summed E-state index contributed by atoms with van der Waals surface area (Å²) in [5, 5.41) is 9.35. The number of rotatable bonds is 3. The smallest absolute Gasteiger partial charge is 0.140 e. The second-order valence-electron chi connectivity index (χ2n) is 4.43. The third kappa shape index (κ3) is 2.48. The molecule has 1 aliphatic heterocycles. The van der Waals surface area contributed by atoms with Crippen molar-refractivity contribution in [1.82, 2.24) is 19.4 Å². The number of nitrogens with zero attached hydrogens (tertiary/aromatic N) is 5. The zero-order chi connectivity index (χ0) is 12.3. The van der Waals surface area contributed by atoms with Gasteiger partial charge in [-0.05, 0) is 6.54 Å². The van der Waals surface area contributed by atoms with Crippen molar-refractivity contribution in [2.45, 2.75) is 13.0 Å². The molecular formula is C12H19N5. The van der Waals surface area contributed by atoms with Gasteiger partial charge in [-0.15, -0.1) is 0 Å². The maximum atomic E-state index is 9.35. The highest BCUT2D eigenvalue weighted by molar-refractivity contribution is 5.14. The highest BCUT2D eigenvalue weighted by Crippen LogP contribution is 2.20. The van der Waals surface area contributed by atoms with E-state index < -0.39 is 0 Å². The molecule has 1 aromatic rings. The van der Waals surface area contributed by atoms with Crippen molar-refractivity contribution in [2.75, 3.05) is 32.7 Å². The van der Waals surface area contributed by atoms with Gasteiger partial charge in [0.1, 0.15) is 6.04 Å². The standard InChI is InChI=1S/C12H19N5/c1-3-16-4-6-17(7-5-16)11(8-13)12-9-14-10-15(12)2/h9-11H,3-7H2,1-2H3. The molecule has 2 heterocycles. The van der Waals surface area contributed by atoms with Crippen molar-refractivity contribution in [3.63, 3.8) is 0 Å². The summed E-state index contributed by atoms with van der Waals surface area (Å²) in [7, 11) is 1.94. The van der Waals surface area contributed by atoms with Crippen LogP contribution in [0.4, 0.5) is 0 Å². The summed E-state index contributed by atoms with van der Waals surface area (Å²) in [5.41, 5.74) is 0.984. The molecule has 17 heavy (non-hydrogen) atoms. The molecule has 0 radical (unpaired) electrons. The summed E-state index contributed by atoms with van der Waals surface area (Å²) in [4.78, 5) is 8.74. The van der Waals surface area contributed by atoms with E-state index in [1.54, 1.807) is 12.5 Å². The molecule has 0 saturated carbocycles. The van der Waals surface area contributed by atoms with Gasteiger partial charge in [-0.1, -0.05) is 6.92 Å². The first kappa shape index (κ1) is 12.1. The summed E-state index contributed by atoms with van der Waals surface area (Å²) in [5.74, 6) is 0. The number of aromatic nitrogens is 2. The van der Waals surface area contributed by atoms with Gasteiger partial charge in [0.2, 0.25) is 0 Å². The molecule has 1 unspecified atom stereocenters. The molecule has 1 aromatic heterocycles. The number of aryl methyl sites for hydroxylation is 1. The minimum absolute atomic E-state index is 0.165. The van der Waals surface area contributed by atoms with Gasteiger partial charge in [-0.2, -0.15) is 5.26 Å². The maximum Gasteiger partial charge on any atom is 0.140 e. The Morgan fingerprint density at radius 3 is 2.59 bits per heavy atom. The molecule has 92 valence electrons. The number of imidazole rings is 1. The number of piperazine rings is 1. The fourth-order valence-corrected chi connectivity index (χ4v) is 2.30. The lowest BCUT2D eigenvalue weighted by molar-refractivity contribution is 0.116. The van der Waals surface area contributed by atoms with E-state index in [1.807, 2.05) is 11.6 Å². The first-order valence-corrected chi connectivity index (χ1v) is 6.08. The first-order valence-electron chi connectivity index (χ1n) is 6.08. The van der Waals surface area contributed by atoms with Crippen molar-refractivity contribution >= 4 is 0 Å². The molecule has 1 saturated heterocycles. The number of hydrogen-bond donors (Lipinski definition) is 0. The highest BCUT2D eigenvalue weighted by atomic mass is 15.3. The van der Waals surface area contributed by atoms with Crippen molar-refractivity contribution in [3.05, 3.63) is 18.2 Å². The Kier molecular flexibility index (Phi) is 3.77. The van der Waals surface area contributed by atoms with E-state index in [2.05, 4.69) is 27.8 Å². The monoisotopic (exact) mass is 233 g/mol. The molecule has 1 fully saturated rings. The van der Waals surface area contributed by atoms with Gasteiger partial charge < -0.3 is 9.47 Å². The molecule has 5 heteroatoms. The van der Waals surface area contributed by atoms with Crippen LogP contribution in [0.1, 0.15) is 18.7 Å². The Balaban J connectivity index is 2.06. The zero-order valence-electron chi connectivity index (χ0n) is 10.5. The average molecular weight is 233 g/mol. The van der Waals surface area contributed by atoms with Crippen LogP contribution in [-0.2, 0) is 7.05 Å². The van der Waals surface area contributed by atoms with E-state index in [0.29, 0.717) is 0 Å². The number of likely N-dealkylation sites (N-methyl/N-ethyl adjacent to an activating group) is 1. The largest absolute Gasteiger partial charge is 0.335 e. The second kappa shape index (κ2) is 5.30. The third-order valence-electron chi connectivity index (χ3n) is 3.48. The molecule has 0 spiro atoms. The van der Waals surface area contributed by atoms with Crippen molar-refractivity contribution in [2.24, 2.45) is 7.05 Å². The van der Waals surface area contributed by atoms with Crippen LogP contribution < -0.4 is 0 Å². The normalized spacial score (nSPS) is 20.1. The molecule has 0 N–H and O–H groups in total. The molecule has 0 bridgehead atoms. The van der Waals surface area contributed by atoms with Gasteiger partial charge in [0.25, 0.3) is 0 Å². The minimum atomic E-state index is -0.165. The second-order valence-corrected chi connectivity index (χ2v) is 4.43. The number of nitriles is 1. The van der Waals surface area contributed by atoms with Crippen LogP contribution in [-0.4, -0.2) is 52.1 Å². The van der Waals surface area contributed by atoms with Crippen LogP contribution >= 0.6 is 0 Å². The van der Waals surface area contributed by atoms with Gasteiger partial charge in [0.05, 0.1) is 24.3 Å². The Labute approximate surface area is 102 Å². The molecule has 1 atom stereocenters. The van der Waals surface area contributed by atoms with E-state index in [9.17, 15) is 5.26 Å². The maximum absolute atomic E-state index is 9.35. The first-order chi connectivity index (χ1) is 8.26. The predicted octanol–water partition coefficient (Wildman–Crippen LogP) is 0.622. The molecule has 0 aliphatic carbocycles. The van der Waals surface area contributed by atoms with Gasteiger partial charge in [0, 0.05) is 33.2 Å². The Bertz CT molecular complexity index is 397. The SMILES string of the molecule is CCN1CCN(C(C#N)c2cncn2C)CC1. The van der Waals surface area contributed by atoms with E-state index in [0.717, 1.165) is 38.4 Å². The van der Waals surface area contributed by atoms with Gasteiger partial charge in [0.15, 0.2) is 0 Å². The van der Waals surface area contributed by atoms with Crippen LogP contribution in [0.15, 0.2) is 12.5 Å². The lowest BCUT2D eigenvalue weighted by atomic mass is 10.1. The van der Waals surface area contributed by atoms with Crippen LogP contribution in [0, 0.1) is 11.3 Å². The Hall–Kier alpha value is -1.38. The lowest BCUT2D eigenvalue weighted by Gasteiger charge is -2.36. The van der Waals surface area contributed by atoms with Crippen molar-refractivity contribution in [1.29, 1.82) is 5.26 Å². The summed E-state index contributed by atoms with van der Waals surface area (Å²) < 4.78 is 1.93. The van der Waals surface area contributed by atoms with Crippen LogP contribution in [0.25, 0.3) is 0 Å². The third-order valence-corrected chi connectivity index (χ3v) is 3.48. The Morgan fingerprint density at radius 2 is 2.12 bits per heavy atom. The fourth-order valence-electron chi connectivity index (χ4n) is 2.30. The average Bonchev–Trinajstić information content (AvgIpc) is 2.78. The summed E-state index contributed by atoms with van der Waals surface area (Å²) >= 11 is 0. The van der Waals surface area contributed by atoms with Crippen LogP contribution in [0.3, 0.4) is 0 Å². The summed E-state index contributed by atoms with van der Waals surface area (Å²) in [6.07, 6.45) is 3.54. The molecule has 5 nitrogen and oxygen atoms in total. The molecule has 0 aromatic carbocycles. The van der Waals surface area contributed by atoms with E-state index in [-0.39, 0.29) is 6.04 Å². The van der Waals surface area contributed by atoms with E-state index in [4.69, 9.17) is 0 Å². The predicted molar refractivity (Wildman–Crippen MR) is 65.2 cm³/mol. The summed E-state index contributed by atoms with van der Waals surface area (Å²) in [6.45, 7) is 7.28. The van der Waals surface area contributed by atoms with Gasteiger partial charge in [-0.25, -0.2) is 4.98 Å². The molecular weight excluding hydrogens is 214 g/mol. The van der Waals surface area contributed by atoms with Gasteiger partial charge in [-0.3, -0.25) is 4.90 Å². The summed E-state index contributed by atoms with van der Waals surface area (Å²) in [6, 6.07) is 2.23. The quantitative estimate of drug-likeness (QED) is 0.768. The van der Waals surface area contributed by atoms with Crippen LogP contribution in [0.5, 0.6) is 0 Å². The highest BCUT2D eigenvalue weighted by Gasteiger charge is 2.25. The molecule has 1 aliphatic rings. The minimum Gasteiger partial charge on any atom is -0.335 e. The molecule has 2 rings (SSSR count). The fraction of sp³-hybridized carbons (Fsp3) is 0.667. The number of hydrogen-bond acceptors (Lipinski definition) is 4. The topological polar surface area (TPSA) is 48.1 Å². The molecule has 0 amide bonds. The van der Waals surface area contributed by atoms with E-state index >= 15 is 0 Å². The lowest BCUT2D eigenvalue weighted by Crippen LogP contribution is -2.47. The van der Waals surface area contributed by atoms with Crippen molar-refractivity contribution in [3.8, 4) is 6.07 Å².